The molecular formula is C14H13N3O4. The lowest BCUT2D eigenvalue weighted by atomic mass is 10.1. The number of carboxylic acid groups (broad SMARTS) is 1. The third-order valence-electron chi connectivity index (χ3n) is 2.66. The van der Waals surface area contributed by atoms with Crippen LogP contribution in [0.2, 0.25) is 0 Å². The van der Waals surface area contributed by atoms with Gasteiger partial charge in [0.05, 0.1) is 13.5 Å². The van der Waals surface area contributed by atoms with Gasteiger partial charge in [0, 0.05) is 12.4 Å². The van der Waals surface area contributed by atoms with E-state index in [0.29, 0.717) is 5.75 Å². The van der Waals surface area contributed by atoms with E-state index in [2.05, 4.69) is 15.3 Å². The maximum absolute atomic E-state index is 11.9. The molecule has 0 radical (unpaired) electrons. The van der Waals surface area contributed by atoms with E-state index in [1.807, 2.05) is 0 Å². The summed E-state index contributed by atoms with van der Waals surface area (Å²) in [6, 6.07) is 7.05. The van der Waals surface area contributed by atoms with E-state index < -0.39 is 5.97 Å². The van der Waals surface area contributed by atoms with Crippen LogP contribution < -0.4 is 10.1 Å². The van der Waals surface area contributed by atoms with Crippen LogP contribution in [0.4, 0.5) is 5.82 Å². The minimum atomic E-state index is -1.25. The van der Waals surface area contributed by atoms with Gasteiger partial charge in [-0.25, -0.2) is 14.8 Å². The molecule has 1 aromatic carbocycles. The first-order valence-electron chi connectivity index (χ1n) is 6.07. The summed E-state index contributed by atoms with van der Waals surface area (Å²) in [6.45, 7) is 0. The van der Waals surface area contributed by atoms with Gasteiger partial charge in [-0.3, -0.25) is 4.79 Å². The van der Waals surface area contributed by atoms with Gasteiger partial charge in [0.25, 0.3) is 0 Å². The zero-order valence-corrected chi connectivity index (χ0v) is 11.2. The van der Waals surface area contributed by atoms with E-state index in [-0.39, 0.29) is 23.8 Å². The van der Waals surface area contributed by atoms with Gasteiger partial charge in [-0.2, -0.15) is 0 Å². The first-order valence-corrected chi connectivity index (χ1v) is 6.07. The Hall–Kier alpha value is -2.96. The Morgan fingerprint density at radius 2 is 2.05 bits per heavy atom. The Balaban J connectivity index is 2.10. The largest absolute Gasteiger partial charge is 0.497 e. The molecule has 0 bridgehead atoms. The molecule has 2 aromatic rings. The molecule has 0 spiro atoms. The van der Waals surface area contributed by atoms with Crippen molar-refractivity contribution in [2.45, 2.75) is 6.42 Å². The Morgan fingerprint density at radius 1 is 1.29 bits per heavy atom. The molecule has 108 valence electrons. The number of hydrogen-bond acceptors (Lipinski definition) is 5. The molecule has 1 aromatic heterocycles. The highest BCUT2D eigenvalue weighted by molar-refractivity contribution is 5.98. The van der Waals surface area contributed by atoms with Crippen molar-refractivity contribution in [3.63, 3.8) is 0 Å². The number of amides is 1. The van der Waals surface area contributed by atoms with Crippen molar-refractivity contribution in [2.75, 3.05) is 12.4 Å². The normalized spacial score (nSPS) is 9.95. The van der Waals surface area contributed by atoms with Crippen LogP contribution in [0.3, 0.4) is 0 Å². The van der Waals surface area contributed by atoms with Crippen LogP contribution in [-0.2, 0) is 11.2 Å². The summed E-state index contributed by atoms with van der Waals surface area (Å²) in [7, 11) is 1.54. The highest BCUT2D eigenvalue weighted by Gasteiger charge is 2.15. The molecule has 0 fully saturated rings. The number of methoxy groups -OCH3 is 1. The molecule has 2 rings (SSSR count). The summed E-state index contributed by atoms with van der Waals surface area (Å²) in [5.41, 5.74) is 0.448. The molecule has 0 atom stereocenters. The van der Waals surface area contributed by atoms with Crippen LogP contribution in [-0.4, -0.2) is 34.1 Å². The lowest BCUT2D eigenvalue weighted by molar-refractivity contribution is -0.115. The van der Waals surface area contributed by atoms with Crippen molar-refractivity contribution in [1.29, 1.82) is 0 Å². The van der Waals surface area contributed by atoms with E-state index in [1.54, 1.807) is 24.3 Å². The lowest BCUT2D eigenvalue weighted by Gasteiger charge is -2.07. The second-order valence-electron chi connectivity index (χ2n) is 4.14. The predicted molar refractivity (Wildman–Crippen MR) is 74.3 cm³/mol. The van der Waals surface area contributed by atoms with Crippen molar-refractivity contribution < 1.29 is 19.4 Å². The number of rotatable bonds is 5. The molecular weight excluding hydrogens is 274 g/mol. The predicted octanol–water partition coefficient (Wildman–Crippen LogP) is 1.36. The molecule has 0 aliphatic heterocycles. The van der Waals surface area contributed by atoms with Crippen LogP contribution in [0.1, 0.15) is 16.1 Å². The molecule has 1 amide bonds. The Labute approximate surface area is 120 Å². The summed E-state index contributed by atoms with van der Waals surface area (Å²) in [6.07, 6.45) is 2.64. The second-order valence-corrected chi connectivity index (χ2v) is 4.14. The molecule has 0 aliphatic carbocycles. The number of hydrogen-bond donors (Lipinski definition) is 2. The van der Waals surface area contributed by atoms with E-state index in [4.69, 9.17) is 9.84 Å². The van der Waals surface area contributed by atoms with Gasteiger partial charge in [-0.1, -0.05) is 12.1 Å². The van der Waals surface area contributed by atoms with Crippen molar-refractivity contribution in [3.05, 3.63) is 47.9 Å². The van der Waals surface area contributed by atoms with E-state index >= 15 is 0 Å². The SMILES string of the molecule is COc1cccc(CC(=O)Nc2nccnc2C(=O)O)c1. The Bertz CT molecular complexity index is 673. The van der Waals surface area contributed by atoms with Crippen LogP contribution in [0, 0.1) is 0 Å². The van der Waals surface area contributed by atoms with Gasteiger partial charge >= 0.3 is 5.97 Å². The molecule has 0 unspecified atom stereocenters. The molecule has 0 aliphatic rings. The minimum Gasteiger partial charge on any atom is -0.497 e. The van der Waals surface area contributed by atoms with Gasteiger partial charge in [-0.15, -0.1) is 0 Å². The number of aromatic nitrogens is 2. The number of carbonyl (C=O) groups is 2. The smallest absolute Gasteiger partial charge is 0.358 e. The first kappa shape index (κ1) is 14.4. The fraction of sp³-hybridized carbons (Fsp3) is 0.143. The van der Waals surface area contributed by atoms with E-state index in [1.165, 1.54) is 19.5 Å². The van der Waals surface area contributed by atoms with Gasteiger partial charge in [0.1, 0.15) is 5.75 Å². The monoisotopic (exact) mass is 287 g/mol. The van der Waals surface area contributed by atoms with Gasteiger partial charge in [-0.05, 0) is 17.7 Å². The summed E-state index contributed by atoms with van der Waals surface area (Å²) >= 11 is 0. The summed E-state index contributed by atoms with van der Waals surface area (Å²) in [4.78, 5) is 30.4. The molecule has 0 saturated heterocycles. The van der Waals surface area contributed by atoms with E-state index in [0.717, 1.165) is 5.56 Å². The number of nitrogens with zero attached hydrogens (tertiary/aromatic N) is 2. The maximum Gasteiger partial charge on any atom is 0.358 e. The fourth-order valence-corrected chi connectivity index (χ4v) is 1.73. The lowest BCUT2D eigenvalue weighted by Crippen LogP contribution is -2.18. The third kappa shape index (κ3) is 3.75. The molecule has 0 saturated carbocycles. The Morgan fingerprint density at radius 3 is 2.76 bits per heavy atom. The van der Waals surface area contributed by atoms with Gasteiger partial charge in [0.2, 0.25) is 5.91 Å². The van der Waals surface area contributed by atoms with Crippen molar-refractivity contribution in [1.82, 2.24) is 9.97 Å². The molecule has 7 nitrogen and oxygen atoms in total. The highest BCUT2D eigenvalue weighted by Crippen LogP contribution is 2.14. The van der Waals surface area contributed by atoms with Gasteiger partial charge < -0.3 is 15.2 Å². The minimum absolute atomic E-state index is 0.0714. The van der Waals surface area contributed by atoms with Crippen LogP contribution >= 0.6 is 0 Å². The van der Waals surface area contributed by atoms with Crippen LogP contribution in [0.25, 0.3) is 0 Å². The Kier molecular flexibility index (Phi) is 4.45. The zero-order valence-electron chi connectivity index (χ0n) is 11.2. The van der Waals surface area contributed by atoms with Crippen molar-refractivity contribution in [3.8, 4) is 5.75 Å². The molecule has 1 heterocycles. The standard InChI is InChI=1S/C14H13N3O4/c1-21-10-4-2-3-9(7-10)8-11(18)17-13-12(14(19)20)15-5-6-16-13/h2-7H,8H2,1H3,(H,19,20)(H,16,17,18). The average Bonchev–Trinajstić information content (AvgIpc) is 2.47. The summed E-state index contributed by atoms with van der Waals surface area (Å²) < 4.78 is 5.07. The topological polar surface area (TPSA) is 101 Å². The number of carbonyl (C=O) groups excluding carboxylic acids is 1. The quantitative estimate of drug-likeness (QED) is 0.861. The van der Waals surface area contributed by atoms with Crippen molar-refractivity contribution >= 4 is 17.7 Å². The number of ether oxygens (including phenoxy) is 1. The van der Waals surface area contributed by atoms with Crippen LogP contribution in [0.5, 0.6) is 5.75 Å². The maximum atomic E-state index is 11.9. The van der Waals surface area contributed by atoms with Gasteiger partial charge in [0.15, 0.2) is 11.5 Å². The van der Waals surface area contributed by atoms with Crippen molar-refractivity contribution in [2.24, 2.45) is 0 Å². The number of benzene rings is 1. The third-order valence-corrected chi connectivity index (χ3v) is 2.66. The fourth-order valence-electron chi connectivity index (χ4n) is 1.73. The highest BCUT2D eigenvalue weighted by atomic mass is 16.5. The van der Waals surface area contributed by atoms with E-state index in [9.17, 15) is 9.59 Å². The first-order chi connectivity index (χ1) is 10.1. The molecule has 21 heavy (non-hydrogen) atoms. The second kappa shape index (κ2) is 6.47. The summed E-state index contributed by atoms with van der Waals surface area (Å²) in [5, 5.41) is 11.4. The number of anilines is 1. The van der Waals surface area contributed by atoms with Crippen LogP contribution in [0.15, 0.2) is 36.7 Å². The number of nitrogens with one attached hydrogen (secondary N) is 1. The molecule has 7 heteroatoms. The average molecular weight is 287 g/mol. The number of aromatic carboxylic acids is 1. The molecule has 2 N–H and O–H groups in total. The number of carboxylic acids is 1. The summed E-state index contributed by atoms with van der Waals surface area (Å²) in [5.74, 6) is -1.06. The zero-order chi connectivity index (χ0) is 15.2.